The Kier molecular flexibility index (Phi) is 7.04. The van der Waals surface area contributed by atoms with Crippen molar-refractivity contribution in [1.82, 2.24) is 0 Å². The number of rotatable bonds is 6. The van der Waals surface area contributed by atoms with Crippen LogP contribution in [0.1, 0.15) is 11.1 Å². The normalized spacial score (nSPS) is 11.0. The molecule has 3 rings (SSSR count). The van der Waals surface area contributed by atoms with Crippen LogP contribution in [0.4, 0.5) is 17.1 Å². The second-order valence-electron chi connectivity index (χ2n) is 6.85. The molecule has 0 aliphatic heterocycles. The molecule has 31 heavy (non-hydrogen) atoms. The van der Waals surface area contributed by atoms with Gasteiger partial charge in [-0.1, -0.05) is 35.9 Å². The molecule has 0 atom stereocenters. The van der Waals surface area contributed by atoms with Gasteiger partial charge >= 0.3 is 0 Å². The quantitative estimate of drug-likeness (QED) is 0.404. The molecule has 6 nitrogen and oxygen atoms in total. The zero-order valence-corrected chi connectivity index (χ0v) is 19.6. The average Bonchev–Trinajstić information content (AvgIpc) is 2.72. The number of thiocarbonyl (C=S) groups is 1. The summed E-state index contributed by atoms with van der Waals surface area (Å²) in [6.07, 6.45) is 0. The van der Waals surface area contributed by atoms with Gasteiger partial charge in [-0.15, -0.1) is 0 Å². The van der Waals surface area contributed by atoms with E-state index in [1.54, 1.807) is 30.3 Å². The molecule has 9 heteroatoms. The fourth-order valence-electron chi connectivity index (χ4n) is 2.87. The van der Waals surface area contributed by atoms with E-state index in [1.807, 2.05) is 32.0 Å². The Balaban J connectivity index is 1.82. The van der Waals surface area contributed by atoms with Crippen molar-refractivity contribution < 1.29 is 13.2 Å². The van der Waals surface area contributed by atoms with Gasteiger partial charge in [0.25, 0.3) is 10.0 Å². The second-order valence-corrected chi connectivity index (χ2v) is 9.31. The summed E-state index contributed by atoms with van der Waals surface area (Å²) in [7, 11) is -2.50. The molecule has 0 aliphatic carbocycles. The summed E-state index contributed by atoms with van der Waals surface area (Å²) in [5, 5.41) is 6.56. The molecule has 0 bridgehead atoms. The smallest absolute Gasteiger partial charge is 0.263 e. The predicted octanol–water partition coefficient (Wildman–Crippen LogP) is 5.58. The highest BCUT2D eigenvalue weighted by Crippen LogP contribution is 2.30. The van der Waals surface area contributed by atoms with Crippen molar-refractivity contribution >= 4 is 56.0 Å². The topological polar surface area (TPSA) is 79.5 Å². The Morgan fingerprint density at radius 2 is 1.71 bits per heavy atom. The number of methoxy groups -OCH3 is 1. The van der Waals surface area contributed by atoms with Gasteiger partial charge in [0.2, 0.25) is 0 Å². The third-order valence-electron chi connectivity index (χ3n) is 4.47. The zero-order chi connectivity index (χ0) is 22.6. The van der Waals surface area contributed by atoms with Crippen molar-refractivity contribution in [2.45, 2.75) is 18.7 Å². The molecule has 0 unspecified atom stereocenters. The van der Waals surface area contributed by atoms with E-state index in [0.717, 1.165) is 16.8 Å². The zero-order valence-electron chi connectivity index (χ0n) is 17.2. The highest BCUT2D eigenvalue weighted by molar-refractivity contribution is 7.92. The highest BCUT2D eigenvalue weighted by Gasteiger charge is 2.20. The lowest BCUT2D eigenvalue weighted by molar-refractivity contribution is 0.417. The monoisotopic (exact) mass is 475 g/mol. The molecule has 0 spiro atoms. The first-order chi connectivity index (χ1) is 14.7. The number of ether oxygens (including phenoxy) is 1. The SMILES string of the molecule is COc1ccccc1NS(=O)(=O)c1cc(NC(=S)Nc2cc(C)ccc2C)ccc1Cl. The van der Waals surface area contributed by atoms with Crippen LogP contribution in [-0.2, 0) is 10.0 Å². The fraction of sp³-hybridized carbons (Fsp3) is 0.136. The maximum absolute atomic E-state index is 13.0. The Hall–Kier alpha value is -2.81. The summed E-state index contributed by atoms with van der Waals surface area (Å²) < 4.78 is 33.7. The lowest BCUT2D eigenvalue weighted by Crippen LogP contribution is -2.20. The first-order valence-electron chi connectivity index (χ1n) is 9.30. The van der Waals surface area contributed by atoms with Gasteiger partial charge in [0.05, 0.1) is 17.8 Å². The number of nitrogens with one attached hydrogen (secondary N) is 3. The van der Waals surface area contributed by atoms with Crippen molar-refractivity contribution in [1.29, 1.82) is 0 Å². The van der Waals surface area contributed by atoms with E-state index in [-0.39, 0.29) is 9.92 Å². The summed E-state index contributed by atoms with van der Waals surface area (Å²) in [4.78, 5) is -0.0837. The maximum Gasteiger partial charge on any atom is 0.263 e. The van der Waals surface area contributed by atoms with Crippen LogP contribution >= 0.6 is 23.8 Å². The Morgan fingerprint density at radius 1 is 0.968 bits per heavy atom. The van der Waals surface area contributed by atoms with Crippen molar-refractivity contribution in [2.24, 2.45) is 0 Å². The van der Waals surface area contributed by atoms with E-state index >= 15 is 0 Å². The van der Waals surface area contributed by atoms with E-state index in [0.29, 0.717) is 22.2 Å². The van der Waals surface area contributed by atoms with E-state index in [9.17, 15) is 8.42 Å². The van der Waals surface area contributed by atoms with Gasteiger partial charge in [-0.25, -0.2) is 8.42 Å². The van der Waals surface area contributed by atoms with E-state index in [2.05, 4.69) is 15.4 Å². The Morgan fingerprint density at radius 3 is 2.45 bits per heavy atom. The van der Waals surface area contributed by atoms with Gasteiger partial charge in [-0.05, 0) is 73.6 Å². The molecule has 0 fully saturated rings. The number of hydrogen-bond acceptors (Lipinski definition) is 4. The molecule has 3 aromatic rings. The van der Waals surface area contributed by atoms with E-state index < -0.39 is 10.0 Å². The third kappa shape index (κ3) is 5.66. The average molecular weight is 476 g/mol. The van der Waals surface area contributed by atoms with Crippen LogP contribution in [0.5, 0.6) is 5.75 Å². The number of para-hydroxylation sites is 2. The van der Waals surface area contributed by atoms with Crippen LogP contribution < -0.4 is 20.1 Å². The number of aryl methyl sites for hydroxylation is 2. The third-order valence-corrected chi connectivity index (χ3v) is 6.52. The summed E-state index contributed by atoms with van der Waals surface area (Å²) in [5.74, 6) is 0.398. The molecule has 0 radical (unpaired) electrons. The van der Waals surface area contributed by atoms with Gasteiger partial charge < -0.3 is 15.4 Å². The fourth-order valence-corrected chi connectivity index (χ4v) is 4.70. The van der Waals surface area contributed by atoms with Crippen molar-refractivity contribution in [2.75, 3.05) is 22.5 Å². The summed E-state index contributed by atoms with van der Waals surface area (Å²) in [6, 6.07) is 17.3. The minimum Gasteiger partial charge on any atom is -0.495 e. The molecule has 3 N–H and O–H groups in total. The largest absolute Gasteiger partial charge is 0.495 e. The number of anilines is 3. The Bertz CT molecular complexity index is 1230. The molecule has 162 valence electrons. The molecular formula is C22H22ClN3O3S2. The number of sulfonamides is 1. The van der Waals surface area contributed by atoms with Crippen molar-refractivity contribution in [3.63, 3.8) is 0 Å². The minimum atomic E-state index is -3.97. The number of hydrogen-bond donors (Lipinski definition) is 3. The predicted molar refractivity (Wildman–Crippen MR) is 131 cm³/mol. The first-order valence-corrected chi connectivity index (χ1v) is 11.6. The van der Waals surface area contributed by atoms with Crippen molar-refractivity contribution in [3.05, 3.63) is 76.8 Å². The minimum absolute atomic E-state index is 0.0837. The molecule has 0 amide bonds. The van der Waals surface area contributed by atoms with Crippen LogP contribution in [0.2, 0.25) is 5.02 Å². The molecule has 0 saturated heterocycles. The lowest BCUT2D eigenvalue weighted by atomic mass is 10.1. The maximum atomic E-state index is 13.0. The summed E-state index contributed by atoms with van der Waals surface area (Å²) in [5.41, 5.74) is 3.80. The van der Waals surface area contributed by atoms with E-state index in [4.69, 9.17) is 28.6 Å². The standard InChI is InChI=1S/C22H22ClN3O3S2/c1-14-8-9-15(2)19(12-14)25-22(30)24-16-10-11-17(23)21(13-16)31(27,28)26-18-6-4-5-7-20(18)29-3/h4-13,26H,1-3H3,(H2,24,25,30). The number of benzene rings is 3. The highest BCUT2D eigenvalue weighted by atomic mass is 35.5. The summed E-state index contributed by atoms with van der Waals surface area (Å²) >= 11 is 11.6. The van der Waals surface area contributed by atoms with Gasteiger partial charge in [0.1, 0.15) is 10.6 Å². The lowest BCUT2D eigenvalue weighted by Gasteiger charge is -2.15. The Labute approximate surface area is 192 Å². The van der Waals surface area contributed by atoms with E-state index in [1.165, 1.54) is 19.2 Å². The molecule has 0 saturated carbocycles. The molecule has 0 heterocycles. The number of halogens is 1. The van der Waals surface area contributed by atoms with Gasteiger partial charge in [0, 0.05) is 11.4 Å². The van der Waals surface area contributed by atoms with Gasteiger partial charge in [-0.2, -0.15) is 0 Å². The second kappa shape index (κ2) is 9.55. The molecule has 0 aromatic heterocycles. The van der Waals surface area contributed by atoms with Gasteiger partial charge in [-0.3, -0.25) is 4.72 Å². The summed E-state index contributed by atoms with van der Waals surface area (Å²) in [6.45, 7) is 3.97. The van der Waals surface area contributed by atoms with Crippen LogP contribution in [0.15, 0.2) is 65.6 Å². The van der Waals surface area contributed by atoms with Gasteiger partial charge in [0.15, 0.2) is 5.11 Å². The van der Waals surface area contributed by atoms with Crippen LogP contribution in [-0.4, -0.2) is 20.6 Å². The molecule has 0 aliphatic rings. The van der Waals surface area contributed by atoms with Crippen LogP contribution in [0.25, 0.3) is 0 Å². The van der Waals surface area contributed by atoms with Crippen molar-refractivity contribution in [3.8, 4) is 5.75 Å². The molecular weight excluding hydrogens is 454 g/mol. The first kappa shape index (κ1) is 22.9. The van der Waals surface area contributed by atoms with Crippen LogP contribution in [0.3, 0.4) is 0 Å². The van der Waals surface area contributed by atoms with Crippen LogP contribution in [0, 0.1) is 13.8 Å². The molecule has 3 aromatic carbocycles.